The zero-order chi connectivity index (χ0) is 13.9. The fourth-order valence-electron chi connectivity index (χ4n) is 1.92. The molecule has 0 aliphatic heterocycles. The lowest BCUT2D eigenvalue weighted by Gasteiger charge is -2.01. The average molecular weight is 265 g/mol. The van der Waals surface area contributed by atoms with E-state index in [1.54, 1.807) is 35.3 Å². The zero-order valence-electron chi connectivity index (χ0n) is 10.5. The summed E-state index contributed by atoms with van der Waals surface area (Å²) >= 11 is 0. The van der Waals surface area contributed by atoms with Crippen molar-refractivity contribution in [1.82, 2.24) is 14.8 Å². The van der Waals surface area contributed by atoms with Crippen molar-refractivity contribution in [3.8, 4) is 16.9 Å². The summed E-state index contributed by atoms with van der Waals surface area (Å²) in [6.07, 6.45) is 5.23. The van der Waals surface area contributed by atoms with Gasteiger partial charge in [-0.05, 0) is 30.3 Å². The SMILES string of the molecule is O=C(O)c1cccc(-c2ccn(-c3cccnc3)n2)c1. The van der Waals surface area contributed by atoms with Crippen LogP contribution in [0.4, 0.5) is 0 Å². The van der Waals surface area contributed by atoms with Crippen LogP contribution >= 0.6 is 0 Å². The molecule has 1 aromatic carbocycles. The summed E-state index contributed by atoms with van der Waals surface area (Å²) in [5, 5.41) is 13.4. The normalized spacial score (nSPS) is 10.4. The number of pyridine rings is 1. The molecule has 98 valence electrons. The number of aromatic nitrogens is 3. The summed E-state index contributed by atoms with van der Waals surface area (Å²) < 4.78 is 1.70. The van der Waals surface area contributed by atoms with Gasteiger partial charge < -0.3 is 5.11 Å². The van der Waals surface area contributed by atoms with Crippen LogP contribution in [0.15, 0.2) is 61.1 Å². The Morgan fingerprint density at radius 1 is 1.15 bits per heavy atom. The van der Waals surface area contributed by atoms with Crippen LogP contribution in [0.1, 0.15) is 10.4 Å². The van der Waals surface area contributed by atoms with Crippen molar-refractivity contribution in [2.45, 2.75) is 0 Å². The van der Waals surface area contributed by atoms with Crippen molar-refractivity contribution in [3.63, 3.8) is 0 Å². The van der Waals surface area contributed by atoms with E-state index >= 15 is 0 Å². The van der Waals surface area contributed by atoms with E-state index in [0.29, 0.717) is 0 Å². The maximum atomic E-state index is 11.0. The van der Waals surface area contributed by atoms with Gasteiger partial charge in [0.2, 0.25) is 0 Å². The molecular formula is C15H11N3O2. The van der Waals surface area contributed by atoms with Crippen LogP contribution in [0.25, 0.3) is 16.9 Å². The van der Waals surface area contributed by atoms with Gasteiger partial charge in [-0.15, -0.1) is 0 Å². The quantitative estimate of drug-likeness (QED) is 0.790. The topological polar surface area (TPSA) is 68.0 Å². The van der Waals surface area contributed by atoms with E-state index in [-0.39, 0.29) is 5.56 Å². The summed E-state index contributed by atoms with van der Waals surface area (Å²) in [6.45, 7) is 0. The van der Waals surface area contributed by atoms with Crippen molar-refractivity contribution in [2.24, 2.45) is 0 Å². The van der Waals surface area contributed by atoms with Gasteiger partial charge in [-0.2, -0.15) is 5.10 Å². The minimum atomic E-state index is -0.946. The molecule has 0 radical (unpaired) electrons. The molecule has 0 fully saturated rings. The summed E-state index contributed by atoms with van der Waals surface area (Å²) in [4.78, 5) is 15.0. The molecule has 3 aromatic rings. The number of hydrogen-bond acceptors (Lipinski definition) is 3. The largest absolute Gasteiger partial charge is 0.478 e. The standard InChI is InChI=1S/C15H11N3O2/c19-15(20)12-4-1-3-11(9-12)14-6-8-18(17-14)13-5-2-7-16-10-13/h1-10H,(H,19,20). The van der Waals surface area contributed by atoms with Crippen LogP contribution in [0.3, 0.4) is 0 Å². The zero-order valence-corrected chi connectivity index (χ0v) is 10.5. The van der Waals surface area contributed by atoms with Crippen LogP contribution in [-0.4, -0.2) is 25.8 Å². The van der Waals surface area contributed by atoms with Crippen LogP contribution in [0, 0.1) is 0 Å². The first-order chi connectivity index (χ1) is 9.74. The summed E-state index contributed by atoms with van der Waals surface area (Å²) in [7, 11) is 0. The van der Waals surface area contributed by atoms with Gasteiger partial charge >= 0.3 is 5.97 Å². The van der Waals surface area contributed by atoms with Gasteiger partial charge in [0.25, 0.3) is 0 Å². The third-order valence-corrected chi connectivity index (χ3v) is 2.90. The summed E-state index contributed by atoms with van der Waals surface area (Å²) in [5.74, 6) is -0.946. The third kappa shape index (κ3) is 2.29. The maximum absolute atomic E-state index is 11.0. The monoisotopic (exact) mass is 265 g/mol. The molecule has 3 rings (SSSR count). The molecule has 0 saturated heterocycles. The van der Waals surface area contributed by atoms with E-state index in [1.807, 2.05) is 30.5 Å². The van der Waals surface area contributed by atoms with E-state index in [0.717, 1.165) is 16.9 Å². The lowest BCUT2D eigenvalue weighted by atomic mass is 10.1. The second-order valence-electron chi connectivity index (χ2n) is 4.24. The molecule has 0 bridgehead atoms. The predicted molar refractivity (Wildman–Crippen MR) is 73.8 cm³/mol. The molecule has 0 aliphatic carbocycles. The lowest BCUT2D eigenvalue weighted by molar-refractivity contribution is 0.0697. The minimum Gasteiger partial charge on any atom is -0.478 e. The Labute approximate surface area is 115 Å². The molecule has 1 N–H and O–H groups in total. The number of rotatable bonds is 3. The molecule has 0 spiro atoms. The Morgan fingerprint density at radius 3 is 2.80 bits per heavy atom. The summed E-state index contributed by atoms with van der Waals surface area (Å²) in [6, 6.07) is 12.3. The predicted octanol–water partition coefficient (Wildman–Crippen LogP) is 2.63. The Kier molecular flexibility index (Phi) is 3.01. The highest BCUT2D eigenvalue weighted by molar-refractivity contribution is 5.89. The number of carboxylic acids is 1. The number of nitrogens with zero attached hydrogens (tertiary/aromatic N) is 3. The highest BCUT2D eigenvalue weighted by atomic mass is 16.4. The van der Waals surface area contributed by atoms with Crippen molar-refractivity contribution in [1.29, 1.82) is 0 Å². The Balaban J connectivity index is 1.98. The van der Waals surface area contributed by atoms with E-state index < -0.39 is 5.97 Å². The fraction of sp³-hybridized carbons (Fsp3) is 0. The van der Waals surface area contributed by atoms with E-state index in [9.17, 15) is 4.79 Å². The molecule has 20 heavy (non-hydrogen) atoms. The Bertz CT molecular complexity index is 751. The maximum Gasteiger partial charge on any atom is 0.335 e. The number of carbonyl (C=O) groups is 1. The smallest absolute Gasteiger partial charge is 0.335 e. The van der Waals surface area contributed by atoms with Gasteiger partial charge in [0, 0.05) is 18.0 Å². The van der Waals surface area contributed by atoms with Crippen molar-refractivity contribution in [3.05, 3.63) is 66.6 Å². The third-order valence-electron chi connectivity index (χ3n) is 2.90. The molecule has 0 atom stereocenters. The van der Waals surface area contributed by atoms with Gasteiger partial charge in [0.1, 0.15) is 0 Å². The van der Waals surface area contributed by atoms with Gasteiger partial charge in [0.05, 0.1) is 23.1 Å². The number of benzene rings is 1. The van der Waals surface area contributed by atoms with Crippen molar-refractivity contribution in [2.75, 3.05) is 0 Å². The molecule has 0 aliphatic rings. The first-order valence-corrected chi connectivity index (χ1v) is 6.04. The molecule has 0 amide bonds. The first-order valence-electron chi connectivity index (χ1n) is 6.04. The molecular weight excluding hydrogens is 254 g/mol. The molecule has 0 unspecified atom stereocenters. The second-order valence-corrected chi connectivity index (χ2v) is 4.24. The number of hydrogen-bond donors (Lipinski definition) is 1. The van der Waals surface area contributed by atoms with Gasteiger partial charge in [-0.3, -0.25) is 4.98 Å². The van der Waals surface area contributed by atoms with Gasteiger partial charge in [0.15, 0.2) is 0 Å². The van der Waals surface area contributed by atoms with Gasteiger partial charge in [-0.1, -0.05) is 12.1 Å². The number of carboxylic acid groups (broad SMARTS) is 1. The Morgan fingerprint density at radius 2 is 2.05 bits per heavy atom. The van der Waals surface area contributed by atoms with Crippen LogP contribution in [0.5, 0.6) is 0 Å². The number of aromatic carboxylic acids is 1. The minimum absolute atomic E-state index is 0.249. The van der Waals surface area contributed by atoms with E-state index in [4.69, 9.17) is 5.11 Å². The lowest BCUT2D eigenvalue weighted by Crippen LogP contribution is -1.97. The van der Waals surface area contributed by atoms with Crippen LogP contribution < -0.4 is 0 Å². The average Bonchev–Trinajstić information content (AvgIpc) is 2.98. The van der Waals surface area contributed by atoms with Crippen LogP contribution in [0.2, 0.25) is 0 Å². The highest BCUT2D eigenvalue weighted by Crippen LogP contribution is 2.19. The van der Waals surface area contributed by atoms with E-state index in [2.05, 4.69) is 10.1 Å². The molecule has 2 aromatic heterocycles. The van der Waals surface area contributed by atoms with Gasteiger partial charge in [-0.25, -0.2) is 9.48 Å². The van der Waals surface area contributed by atoms with Crippen molar-refractivity contribution < 1.29 is 9.90 Å². The molecule has 5 heteroatoms. The second kappa shape index (κ2) is 4.97. The molecule has 0 saturated carbocycles. The van der Waals surface area contributed by atoms with E-state index in [1.165, 1.54) is 0 Å². The Hall–Kier alpha value is -2.95. The molecule has 2 heterocycles. The fourth-order valence-corrected chi connectivity index (χ4v) is 1.92. The van der Waals surface area contributed by atoms with Crippen LogP contribution in [-0.2, 0) is 0 Å². The first kappa shape index (κ1) is 12.1. The van der Waals surface area contributed by atoms with Crippen molar-refractivity contribution >= 4 is 5.97 Å². The molecule has 5 nitrogen and oxygen atoms in total. The summed E-state index contributed by atoms with van der Waals surface area (Å²) in [5.41, 5.74) is 2.59. The highest BCUT2D eigenvalue weighted by Gasteiger charge is 2.07.